The molecule has 4 aromatic heterocycles. The number of hydrogen-bond donors (Lipinski definition) is 0. The van der Waals surface area contributed by atoms with Gasteiger partial charge >= 0.3 is 0 Å². The van der Waals surface area contributed by atoms with Gasteiger partial charge in [0.1, 0.15) is 12.1 Å². The summed E-state index contributed by atoms with van der Waals surface area (Å²) in [4.78, 5) is 19.7. The number of aromatic nitrogens is 6. The van der Waals surface area contributed by atoms with Gasteiger partial charge in [-0.05, 0) is 43.1 Å². The molecule has 140 valence electrons. The van der Waals surface area contributed by atoms with Gasteiger partial charge in [0, 0.05) is 43.1 Å². The second kappa shape index (κ2) is 7.32. The van der Waals surface area contributed by atoms with E-state index in [0.29, 0.717) is 11.7 Å². The molecule has 0 spiro atoms. The maximum Gasteiger partial charge on any atom is 0.244 e. The normalized spacial score (nSPS) is 17.2. The molecule has 1 aliphatic heterocycles. The van der Waals surface area contributed by atoms with Crippen molar-refractivity contribution in [1.29, 1.82) is 0 Å². The molecule has 0 N–H and O–H groups in total. The molecule has 4 aromatic rings. The maximum absolute atomic E-state index is 5.61. The summed E-state index contributed by atoms with van der Waals surface area (Å²) >= 11 is 0. The first-order chi connectivity index (χ1) is 13.9. The van der Waals surface area contributed by atoms with Crippen molar-refractivity contribution in [2.75, 3.05) is 6.54 Å². The maximum atomic E-state index is 5.61. The van der Waals surface area contributed by atoms with Gasteiger partial charge in [0.05, 0.1) is 6.04 Å². The summed E-state index contributed by atoms with van der Waals surface area (Å²) in [7, 11) is 0. The first-order valence-corrected chi connectivity index (χ1v) is 9.28. The van der Waals surface area contributed by atoms with Crippen LogP contribution < -0.4 is 0 Å². The molecule has 0 unspecified atom stereocenters. The molecule has 1 saturated heterocycles. The summed E-state index contributed by atoms with van der Waals surface area (Å²) in [5.41, 5.74) is 2.02. The number of imidazole rings is 1. The van der Waals surface area contributed by atoms with E-state index in [1.807, 2.05) is 35.2 Å². The zero-order valence-corrected chi connectivity index (χ0v) is 15.2. The Hall–Kier alpha value is -3.39. The van der Waals surface area contributed by atoms with E-state index in [4.69, 9.17) is 4.52 Å². The SMILES string of the molecule is c1cncc(CN2CCC[C@H]2c2nc(-c3ccc(-n4ccnc4)nc3)no2)c1. The average molecular weight is 373 g/mol. The Morgan fingerprint density at radius 1 is 1.11 bits per heavy atom. The number of likely N-dealkylation sites (tertiary alicyclic amines) is 1. The number of pyridine rings is 2. The van der Waals surface area contributed by atoms with Crippen LogP contribution in [0.4, 0.5) is 0 Å². The van der Waals surface area contributed by atoms with Crippen LogP contribution in [0.25, 0.3) is 17.2 Å². The lowest BCUT2D eigenvalue weighted by atomic mass is 10.2. The van der Waals surface area contributed by atoms with Gasteiger partial charge < -0.3 is 4.52 Å². The van der Waals surface area contributed by atoms with Gasteiger partial charge in [-0.2, -0.15) is 4.98 Å². The lowest BCUT2D eigenvalue weighted by Crippen LogP contribution is -2.23. The molecule has 8 nitrogen and oxygen atoms in total. The number of hydrogen-bond acceptors (Lipinski definition) is 7. The first kappa shape index (κ1) is 16.8. The van der Waals surface area contributed by atoms with E-state index in [1.165, 1.54) is 5.56 Å². The van der Waals surface area contributed by atoms with Gasteiger partial charge in [0.15, 0.2) is 0 Å². The molecule has 28 heavy (non-hydrogen) atoms. The van der Waals surface area contributed by atoms with Crippen LogP contribution in [0, 0.1) is 0 Å². The number of nitrogens with zero attached hydrogens (tertiary/aromatic N) is 7. The highest BCUT2D eigenvalue weighted by Gasteiger charge is 2.30. The molecule has 1 atom stereocenters. The molecule has 1 aliphatic rings. The van der Waals surface area contributed by atoms with E-state index in [2.05, 4.69) is 36.1 Å². The highest BCUT2D eigenvalue weighted by atomic mass is 16.5. The Bertz CT molecular complexity index is 1030. The Morgan fingerprint density at radius 2 is 2.11 bits per heavy atom. The van der Waals surface area contributed by atoms with E-state index in [-0.39, 0.29) is 6.04 Å². The summed E-state index contributed by atoms with van der Waals surface area (Å²) in [6, 6.07) is 8.05. The van der Waals surface area contributed by atoms with Gasteiger partial charge in [0.2, 0.25) is 11.7 Å². The minimum atomic E-state index is 0.139. The van der Waals surface area contributed by atoms with E-state index in [0.717, 1.165) is 37.3 Å². The van der Waals surface area contributed by atoms with Crippen LogP contribution in [-0.4, -0.2) is 41.1 Å². The fourth-order valence-electron chi connectivity index (χ4n) is 3.57. The lowest BCUT2D eigenvalue weighted by Gasteiger charge is -2.21. The lowest BCUT2D eigenvalue weighted by molar-refractivity contribution is 0.201. The van der Waals surface area contributed by atoms with Crippen LogP contribution in [-0.2, 0) is 6.54 Å². The Labute approximate surface area is 161 Å². The molecular weight excluding hydrogens is 354 g/mol. The van der Waals surface area contributed by atoms with Crippen molar-refractivity contribution in [1.82, 2.24) is 34.6 Å². The molecule has 1 fully saturated rings. The summed E-state index contributed by atoms with van der Waals surface area (Å²) < 4.78 is 7.46. The average Bonchev–Trinajstić information content (AvgIpc) is 3.50. The van der Waals surface area contributed by atoms with Gasteiger partial charge in [-0.3, -0.25) is 14.5 Å². The monoisotopic (exact) mass is 373 g/mol. The Kier molecular flexibility index (Phi) is 4.38. The molecule has 0 aromatic carbocycles. The minimum absolute atomic E-state index is 0.139. The van der Waals surface area contributed by atoms with Crippen molar-refractivity contribution in [2.45, 2.75) is 25.4 Å². The molecule has 0 saturated carbocycles. The first-order valence-electron chi connectivity index (χ1n) is 9.28. The smallest absolute Gasteiger partial charge is 0.244 e. The zero-order chi connectivity index (χ0) is 18.8. The molecule has 0 radical (unpaired) electrons. The van der Waals surface area contributed by atoms with E-state index >= 15 is 0 Å². The minimum Gasteiger partial charge on any atom is -0.337 e. The van der Waals surface area contributed by atoms with Crippen LogP contribution in [0.1, 0.15) is 30.3 Å². The standard InChI is InChI=1S/C20H19N7O/c1-3-15(11-21-7-1)13-26-9-2-4-17(26)20-24-19(25-28-20)16-5-6-18(23-12-16)27-10-8-22-14-27/h1,3,5-8,10-12,14,17H,2,4,9,13H2/t17-/m0/s1. The van der Waals surface area contributed by atoms with Gasteiger partial charge in [0.25, 0.3) is 0 Å². The fraction of sp³-hybridized carbons (Fsp3) is 0.250. The molecule has 0 amide bonds. The van der Waals surface area contributed by atoms with Crippen molar-refractivity contribution in [2.24, 2.45) is 0 Å². The fourth-order valence-corrected chi connectivity index (χ4v) is 3.57. The van der Waals surface area contributed by atoms with Gasteiger partial charge in [-0.1, -0.05) is 11.2 Å². The summed E-state index contributed by atoms with van der Waals surface area (Å²) in [5, 5.41) is 4.18. The second-order valence-electron chi connectivity index (χ2n) is 6.82. The third kappa shape index (κ3) is 3.29. The van der Waals surface area contributed by atoms with E-state index < -0.39 is 0 Å². The van der Waals surface area contributed by atoms with Crippen molar-refractivity contribution in [3.63, 3.8) is 0 Å². The van der Waals surface area contributed by atoms with Crippen LogP contribution in [0.5, 0.6) is 0 Å². The van der Waals surface area contributed by atoms with Gasteiger partial charge in [-0.25, -0.2) is 9.97 Å². The quantitative estimate of drug-likeness (QED) is 0.531. The second-order valence-corrected chi connectivity index (χ2v) is 6.82. The van der Waals surface area contributed by atoms with Crippen LogP contribution >= 0.6 is 0 Å². The van der Waals surface area contributed by atoms with E-state index in [9.17, 15) is 0 Å². The highest BCUT2D eigenvalue weighted by molar-refractivity contribution is 5.53. The summed E-state index contributed by atoms with van der Waals surface area (Å²) in [5.74, 6) is 2.02. The Morgan fingerprint density at radius 3 is 2.89 bits per heavy atom. The zero-order valence-electron chi connectivity index (χ0n) is 15.2. The molecule has 0 bridgehead atoms. The summed E-state index contributed by atoms with van der Waals surface area (Å²) in [6.45, 7) is 1.84. The van der Waals surface area contributed by atoms with Gasteiger partial charge in [-0.15, -0.1) is 0 Å². The van der Waals surface area contributed by atoms with Crippen LogP contribution in [0.15, 0.2) is 66.1 Å². The highest BCUT2D eigenvalue weighted by Crippen LogP contribution is 2.33. The van der Waals surface area contributed by atoms with Crippen molar-refractivity contribution in [3.8, 4) is 17.2 Å². The topological polar surface area (TPSA) is 85.8 Å². The van der Waals surface area contributed by atoms with Crippen molar-refractivity contribution >= 4 is 0 Å². The predicted molar refractivity (Wildman–Crippen MR) is 101 cm³/mol. The summed E-state index contributed by atoms with van der Waals surface area (Å²) in [6.07, 6.45) is 12.9. The molecule has 8 heteroatoms. The molecule has 5 heterocycles. The van der Waals surface area contributed by atoms with Crippen molar-refractivity contribution in [3.05, 3.63) is 73.0 Å². The van der Waals surface area contributed by atoms with Crippen LogP contribution in [0.2, 0.25) is 0 Å². The molecular formula is C20H19N7O. The van der Waals surface area contributed by atoms with E-state index in [1.54, 1.807) is 24.9 Å². The van der Waals surface area contributed by atoms with Crippen LogP contribution in [0.3, 0.4) is 0 Å². The van der Waals surface area contributed by atoms with Crippen molar-refractivity contribution < 1.29 is 4.52 Å². The third-order valence-electron chi connectivity index (χ3n) is 4.97. The molecule has 0 aliphatic carbocycles. The predicted octanol–water partition coefficient (Wildman–Crippen LogP) is 3.05. The molecule has 5 rings (SSSR count). The third-order valence-corrected chi connectivity index (χ3v) is 4.97. The number of rotatable bonds is 5. The largest absolute Gasteiger partial charge is 0.337 e. The Balaban J connectivity index is 1.34.